The third-order valence-corrected chi connectivity index (χ3v) is 3.16. The molecule has 26 heavy (non-hydrogen) atoms. The van der Waals surface area contributed by atoms with Crippen molar-refractivity contribution in [2.24, 2.45) is 0 Å². The Kier molecular flexibility index (Phi) is 8.40. The molecule has 3 heterocycles. The Balaban J connectivity index is 0.000000256. The van der Waals surface area contributed by atoms with Crippen LogP contribution in [0.1, 0.15) is 6.92 Å². The van der Waals surface area contributed by atoms with E-state index in [9.17, 15) is 13.6 Å². The first kappa shape index (κ1) is 21.8. The highest BCUT2D eigenvalue weighted by atomic mass is 79.9. The van der Waals surface area contributed by atoms with Crippen molar-refractivity contribution in [1.29, 1.82) is 5.41 Å². The summed E-state index contributed by atoms with van der Waals surface area (Å²) in [4.78, 5) is 14.9. The highest BCUT2D eigenvalue weighted by Gasteiger charge is 2.03. The maximum absolute atomic E-state index is 12.7. The Morgan fingerprint density at radius 2 is 1.85 bits per heavy atom. The molecule has 0 fully saturated rings. The lowest BCUT2D eigenvalue weighted by molar-refractivity contribution is -0.143. The zero-order valence-electron chi connectivity index (χ0n) is 13.7. The molecule has 0 unspecified atom stereocenters. The van der Waals surface area contributed by atoms with Crippen molar-refractivity contribution in [3.8, 4) is 0 Å². The van der Waals surface area contributed by atoms with Crippen LogP contribution in [0.15, 0.2) is 42.9 Å². The molecule has 140 valence electrons. The third-order valence-electron chi connectivity index (χ3n) is 2.98. The Labute approximate surface area is 163 Å². The molecular formula is C16H16BrClF2N4O2. The monoisotopic (exact) mass is 448 g/mol. The number of imidazole rings is 1. The fourth-order valence-corrected chi connectivity index (χ4v) is 2.12. The van der Waals surface area contributed by atoms with E-state index < -0.39 is 11.8 Å². The van der Waals surface area contributed by atoms with E-state index in [1.807, 2.05) is 0 Å². The second-order valence-electron chi connectivity index (χ2n) is 4.84. The Bertz CT molecular complexity index is 945. The fraction of sp³-hybridized carbons (Fsp3) is 0.188. The highest BCUT2D eigenvalue weighted by Crippen LogP contribution is 2.10. The van der Waals surface area contributed by atoms with E-state index in [-0.39, 0.29) is 41.4 Å². The van der Waals surface area contributed by atoms with Crippen LogP contribution in [0.4, 0.5) is 8.78 Å². The van der Waals surface area contributed by atoms with Gasteiger partial charge in [0.1, 0.15) is 34.5 Å². The average molecular weight is 450 g/mol. The zero-order valence-corrected chi connectivity index (χ0v) is 16.1. The molecule has 0 bridgehead atoms. The molecule has 0 aliphatic rings. The molecule has 3 aromatic heterocycles. The summed E-state index contributed by atoms with van der Waals surface area (Å²) < 4.78 is 32.7. The summed E-state index contributed by atoms with van der Waals surface area (Å²) in [5.41, 5.74) is 0.718. The number of pyridine rings is 2. The lowest BCUT2D eigenvalue weighted by atomic mass is 10.4. The molecule has 6 nitrogen and oxygen atoms in total. The molecule has 1 N–H and O–H groups in total. The first-order valence-electron chi connectivity index (χ1n) is 7.25. The molecule has 3 rings (SSSR count). The van der Waals surface area contributed by atoms with Gasteiger partial charge in [-0.05, 0) is 31.2 Å². The SMILES string of the molecule is Br.CCOC(=O)Cn1cc(F)ccc1=N.Fc1ccc2nc(Cl)cn2c1. The van der Waals surface area contributed by atoms with Crippen LogP contribution in [0.5, 0.6) is 0 Å². The van der Waals surface area contributed by atoms with Gasteiger partial charge < -0.3 is 13.7 Å². The maximum Gasteiger partial charge on any atom is 0.325 e. The standard InChI is InChI=1S/C9H11FN2O2.C7H4ClFN2.BrH/c1-2-14-9(13)6-12-5-7(10)3-4-8(12)11;8-6-4-11-3-5(9)1-2-7(11)10-6;/h3-5,11H,2,6H2,1H3;1-4H;1H. The predicted octanol–water partition coefficient (Wildman–Crippen LogP) is 3.37. The first-order valence-corrected chi connectivity index (χ1v) is 7.63. The number of nitrogens with one attached hydrogen (secondary N) is 1. The van der Waals surface area contributed by atoms with Crippen molar-refractivity contribution in [3.05, 3.63) is 65.1 Å². The van der Waals surface area contributed by atoms with E-state index in [0.717, 1.165) is 6.20 Å². The van der Waals surface area contributed by atoms with E-state index >= 15 is 0 Å². The summed E-state index contributed by atoms with van der Waals surface area (Å²) in [7, 11) is 0. The van der Waals surface area contributed by atoms with Crippen LogP contribution >= 0.6 is 28.6 Å². The number of halogens is 4. The van der Waals surface area contributed by atoms with Crippen molar-refractivity contribution >= 4 is 40.2 Å². The van der Waals surface area contributed by atoms with Gasteiger partial charge in [-0.1, -0.05) is 11.6 Å². The number of hydrogen-bond acceptors (Lipinski definition) is 4. The molecule has 3 aromatic rings. The van der Waals surface area contributed by atoms with Gasteiger partial charge >= 0.3 is 5.97 Å². The van der Waals surface area contributed by atoms with Crippen LogP contribution in [0.3, 0.4) is 0 Å². The minimum Gasteiger partial charge on any atom is -0.465 e. The summed E-state index contributed by atoms with van der Waals surface area (Å²) in [6, 6.07) is 5.37. The molecule has 0 atom stereocenters. The molecular weight excluding hydrogens is 434 g/mol. The number of hydrogen-bond donors (Lipinski definition) is 1. The van der Waals surface area contributed by atoms with Gasteiger partial charge in [0.15, 0.2) is 0 Å². The molecule has 0 saturated heterocycles. The van der Waals surface area contributed by atoms with Gasteiger partial charge in [0.05, 0.1) is 6.61 Å². The van der Waals surface area contributed by atoms with Crippen LogP contribution in [0.25, 0.3) is 5.65 Å². The van der Waals surface area contributed by atoms with Crippen LogP contribution in [0.2, 0.25) is 5.15 Å². The van der Waals surface area contributed by atoms with Gasteiger partial charge in [0, 0.05) is 18.6 Å². The lowest BCUT2D eigenvalue weighted by Gasteiger charge is -2.05. The Hall–Kier alpha value is -2.26. The highest BCUT2D eigenvalue weighted by molar-refractivity contribution is 8.93. The summed E-state index contributed by atoms with van der Waals surface area (Å²) in [6.45, 7) is 1.84. The molecule has 0 radical (unpaired) electrons. The number of esters is 1. The van der Waals surface area contributed by atoms with E-state index in [1.54, 1.807) is 19.2 Å². The van der Waals surface area contributed by atoms with Gasteiger partial charge in [-0.3, -0.25) is 10.2 Å². The quantitative estimate of drug-likeness (QED) is 0.623. The predicted molar refractivity (Wildman–Crippen MR) is 97.4 cm³/mol. The van der Waals surface area contributed by atoms with Crippen LogP contribution in [-0.2, 0) is 16.1 Å². The third kappa shape index (κ3) is 6.23. The van der Waals surface area contributed by atoms with Gasteiger partial charge in [0.25, 0.3) is 0 Å². The van der Waals surface area contributed by atoms with Crippen molar-refractivity contribution in [2.45, 2.75) is 13.5 Å². The van der Waals surface area contributed by atoms with Crippen LogP contribution < -0.4 is 5.49 Å². The lowest BCUT2D eigenvalue weighted by Crippen LogP contribution is -2.24. The summed E-state index contributed by atoms with van der Waals surface area (Å²) >= 11 is 5.58. The summed E-state index contributed by atoms with van der Waals surface area (Å²) in [5.74, 6) is -1.26. The molecule has 0 spiro atoms. The topological polar surface area (TPSA) is 72.4 Å². The van der Waals surface area contributed by atoms with Crippen molar-refractivity contribution < 1.29 is 18.3 Å². The van der Waals surface area contributed by atoms with E-state index in [4.69, 9.17) is 17.0 Å². The number of carbonyl (C=O) groups excluding carboxylic acids is 1. The van der Waals surface area contributed by atoms with Gasteiger partial charge in [0.2, 0.25) is 0 Å². The van der Waals surface area contributed by atoms with E-state index in [0.29, 0.717) is 10.8 Å². The number of ether oxygens (including phenoxy) is 1. The van der Waals surface area contributed by atoms with Gasteiger partial charge in [-0.15, -0.1) is 17.0 Å². The Morgan fingerprint density at radius 1 is 1.19 bits per heavy atom. The smallest absolute Gasteiger partial charge is 0.325 e. The molecule has 0 aliphatic heterocycles. The summed E-state index contributed by atoms with van der Waals surface area (Å²) in [6.07, 6.45) is 3.98. The van der Waals surface area contributed by atoms with Crippen molar-refractivity contribution in [3.63, 3.8) is 0 Å². The second-order valence-corrected chi connectivity index (χ2v) is 5.23. The molecule has 0 saturated carbocycles. The van der Waals surface area contributed by atoms with Crippen molar-refractivity contribution in [1.82, 2.24) is 14.0 Å². The Morgan fingerprint density at radius 3 is 2.54 bits per heavy atom. The fourth-order valence-electron chi connectivity index (χ4n) is 1.93. The first-order chi connectivity index (χ1) is 11.9. The summed E-state index contributed by atoms with van der Waals surface area (Å²) in [5, 5.41) is 7.75. The van der Waals surface area contributed by atoms with Gasteiger partial charge in [-0.25, -0.2) is 13.8 Å². The minimum absolute atomic E-state index is 0. The molecule has 0 aliphatic carbocycles. The minimum atomic E-state index is -0.481. The maximum atomic E-state index is 12.7. The molecule has 10 heteroatoms. The largest absolute Gasteiger partial charge is 0.465 e. The van der Waals surface area contributed by atoms with E-state index in [2.05, 4.69) is 9.72 Å². The second kappa shape index (κ2) is 10.0. The average Bonchev–Trinajstić information content (AvgIpc) is 2.91. The van der Waals surface area contributed by atoms with Gasteiger partial charge in [-0.2, -0.15) is 0 Å². The van der Waals surface area contributed by atoms with Crippen LogP contribution in [0, 0.1) is 17.0 Å². The molecule has 0 amide bonds. The normalized spacial score (nSPS) is 9.85. The van der Waals surface area contributed by atoms with Crippen molar-refractivity contribution in [2.75, 3.05) is 6.61 Å². The number of rotatable bonds is 3. The number of nitrogens with zero attached hydrogens (tertiary/aromatic N) is 3. The number of fused-ring (bicyclic) bond motifs is 1. The zero-order chi connectivity index (χ0) is 18.4. The number of aromatic nitrogens is 3. The van der Waals surface area contributed by atoms with E-state index in [1.165, 1.54) is 33.4 Å². The molecule has 0 aromatic carbocycles. The van der Waals surface area contributed by atoms with Crippen LogP contribution in [-0.4, -0.2) is 26.5 Å². The number of carbonyl (C=O) groups is 1.